The largest absolute Gasteiger partial charge is 0.337 e. The molecule has 1 aliphatic heterocycles. The maximum absolute atomic E-state index is 2.42. The average Bonchev–Trinajstić information content (AvgIpc) is 2.23. The van der Waals surface area contributed by atoms with E-state index in [1.54, 1.807) is 4.90 Å². The number of hydrogen-bond acceptors (Lipinski definition) is 0. The molecule has 14 heavy (non-hydrogen) atoms. The van der Waals surface area contributed by atoms with Gasteiger partial charge in [0.1, 0.15) is 32.7 Å². The van der Waals surface area contributed by atoms with E-state index in [-0.39, 0.29) is 0 Å². The second-order valence-corrected chi connectivity index (χ2v) is 4.28. The van der Waals surface area contributed by atoms with E-state index in [4.69, 9.17) is 0 Å². The molecule has 0 unspecified atom stereocenters. The predicted molar refractivity (Wildman–Crippen MR) is 57.2 cm³/mol. The molecular weight excluding hydrogens is 172 g/mol. The summed E-state index contributed by atoms with van der Waals surface area (Å²) in [5, 5.41) is 2.42. The van der Waals surface area contributed by atoms with Crippen molar-refractivity contribution in [2.45, 2.75) is 13.5 Å². The van der Waals surface area contributed by atoms with Crippen LogP contribution in [0.25, 0.3) is 0 Å². The second kappa shape index (κ2) is 4.58. The summed E-state index contributed by atoms with van der Waals surface area (Å²) >= 11 is 0. The Balaban J connectivity index is 1.92. The Kier molecular flexibility index (Phi) is 3.17. The fourth-order valence-electron chi connectivity index (χ4n) is 2.05. The molecule has 3 N–H and O–H groups in total. The van der Waals surface area contributed by atoms with Gasteiger partial charge in [0.05, 0.1) is 0 Å². The quantitative estimate of drug-likeness (QED) is 0.597. The summed E-state index contributed by atoms with van der Waals surface area (Å²) in [5.74, 6) is 0. The van der Waals surface area contributed by atoms with Gasteiger partial charge in [-0.25, -0.2) is 0 Å². The van der Waals surface area contributed by atoms with Crippen LogP contribution in [0.2, 0.25) is 0 Å². The van der Waals surface area contributed by atoms with Crippen molar-refractivity contribution in [1.82, 2.24) is 0 Å². The van der Waals surface area contributed by atoms with Crippen molar-refractivity contribution in [3.05, 3.63) is 35.4 Å². The summed E-state index contributed by atoms with van der Waals surface area (Å²) in [5.41, 5.74) is 2.84. The molecule has 76 valence electrons. The number of nitrogens with one attached hydrogen (secondary N) is 1. The summed E-state index contributed by atoms with van der Waals surface area (Å²) < 4.78 is 0. The summed E-state index contributed by atoms with van der Waals surface area (Å²) in [4.78, 5) is 1.73. The Bertz CT molecular complexity index is 273. The first kappa shape index (κ1) is 9.69. The van der Waals surface area contributed by atoms with Crippen LogP contribution >= 0.6 is 0 Å². The van der Waals surface area contributed by atoms with E-state index in [2.05, 4.69) is 36.5 Å². The molecule has 0 aliphatic carbocycles. The van der Waals surface area contributed by atoms with Crippen molar-refractivity contribution < 1.29 is 10.2 Å². The van der Waals surface area contributed by atoms with Gasteiger partial charge in [0.2, 0.25) is 0 Å². The maximum atomic E-state index is 2.42. The smallest absolute Gasteiger partial charge is 0.127 e. The third-order valence-corrected chi connectivity index (χ3v) is 2.98. The highest BCUT2D eigenvalue weighted by molar-refractivity contribution is 5.20. The first-order chi connectivity index (χ1) is 6.84. The molecule has 2 heteroatoms. The minimum Gasteiger partial charge on any atom is -0.337 e. The van der Waals surface area contributed by atoms with E-state index in [9.17, 15) is 0 Å². The molecule has 1 aliphatic rings. The summed E-state index contributed by atoms with van der Waals surface area (Å²) in [7, 11) is 0. The maximum Gasteiger partial charge on any atom is 0.127 e. The van der Waals surface area contributed by atoms with Gasteiger partial charge in [-0.15, -0.1) is 0 Å². The van der Waals surface area contributed by atoms with E-state index in [0.29, 0.717) is 0 Å². The standard InChI is InChI=1S/C12H18N2/c1-11-2-4-12(5-3-11)10-14-8-6-13-7-9-14/h2-5,13H,6-10H2,1H3/p+2. The van der Waals surface area contributed by atoms with Crippen LogP contribution in [0.3, 0.4) is 0 Å². The molecule has 0 saturated carbocycles. The molecule has 2 rings (SSSR count). The van der Waals surface area contributed by atoms with Crippen molar-refractivity contribution in [2.24, 2.45) is 0 Å². The van der Waals surface area contributed by atoms with Gasteiger partial charge in [-0.3, -0.25) is 0 Å². The van der Waals surface area contributed by atoms with Crippen LogP contribution in [0.15, 0.2) is 24.3 Å². The van der Waals surface area contributed by atoms with E-state index >= 15 is 0 Å². The number of rotatable bonds is 2. The lowest BCUT2D eigenvalue weighted by atomic mass is 10.1. The number of nitrogens with two attached hydrogens (primary N) is 1. The zero-order valence-corrected chi connectivity index (χ0v) is 8.92. The second-order valence-electron chi connectivity index (χ2n) is 4.28. The first-order valence-corrected chi connectivity index (χ1v) is 5.55. The van der Waals surface area contributed by atoms with Gasteiger partial charge in [-0.1, -0.05) is 29.8 Å². The Morgan fingerprint density at radius 1 is 1.14 bits per heavy atom. The van der Waals surface area contributed by atoms with Gasteiger partial charge in [0, 0.05) is 5.56 Å². The Morgan fingerprint density at radius 3 is 2.43 bits per heavy atom. The predicted octanol–water partition coefficient (Wildman–Crippen LogP) is -1.04. The Morgan fingerprint density at radius 2 is 1.79 bits per heavy atom. The Hall–Kier alpha value is -0.860. The van der Waals surface area contributed by atoms with Gasteiger partial charge < -0.3 is 10.2 Å². The van der Waals surface area contributed by atoms with Gasteiger partial charge in [0.15, 0.2) is 0 Å². The number of quaternary nitrogens is 2. The van der Waals surface area contributed by atoms with Crippen molar-refractivity contribution in [3.63, 3.8) is 0 Å². The number of piperazine rings is 1. The van der Waals surface area contributed by atoms with Gasteiger partial charge >= 0.3 is 0 Å². The molecule has 0 amide bonds. The zero-order chi connectivity index (χ0) is 9.80. The minimum absolute atomic E-state index is 1.20. The normalized spacial score (nSPS) is 18.4. The Labute approximate surface area is 85.9 Å². The average molecular weight is 192 g/mol. The third-order valence-electron chi connectivity index (χ3n) is 2.98. The van der Waals surface area contributed by atoms with Crippen molar-refractivity contribution >= 4 is 0 Å². The summed E-state index contributed by atoms with van der Waals surface area (Å²) in [6, 6.07) is 8.96. The molecule has 0 aromatic heterocycles. The molecule has 2 nitrogen and oxygen atoms in total. The first-order valence-electron chi connectivity index (χ1n) is 5.55. The lowest BCUT2D eigenvalue weighted by molar-refractivity contribution is -0.958. The molecule has 0 radical (unpaired) electrons. The SMILES string of the molecule is Cc1ccc(C[NH+]2CC[NH2+]CC2)cc1. The van der Waals surface area contributed by atoms with Crippen molar-refractivity contribution in [3.8, 4) is 0 Å². The van der Waals surface area contributed by atoms with E-state index in [0.717, 1.165) is 0 Å². The highest BCUT2D eigenvalue weighted by Gasteiger charge is 2.15. The number of benzene rings is 1. The number of hydrogen-bond donors (Lipinski definition) is 2. The van der Waals surface area contributed by atoms with Gasteiger partial charge in [0.25, 0.3) is 0 Å². The zero-order valence-electron chi connectivity index (χ0n) is 8.92. The highest BCUT2D eigenvalue weighted by atomic mass is 15.2. The molecule has 0 atom stereocenters. The van der Waals surface area contributed by atoms with Crippen molar-refractivity contribution in [2.75, 3.05) is 26.2 Å². The molecule has 0 spiro atoms. The van der Waals surface area contributed by atoms with Crippen LogP contribution in [-0.4, -0.2) is 26.2 Å². The van der Waals surface area contributed by atoms with Crippen LogP contribution in [0, 0.1) is 6.92 Å². The van der Waals surface area contributed by atoms with E-state index in [1.165, 1.54) is 43.9 Å². The van der Waals surface area contributed by atoms with E-state index in [1.807, 2.05) is 0 Å². The van der Waals surface area contributed by atoms with Crippen LogP contribution in [0.4, 0.5) is 0 Å². The monoisotopic (exact) mass is 192 g/mol. The fourth-order valence-corrected chi connectivity index (χ4v) is 2.05. The summed E-state index contributed by atoms with van der Waals surface area (Å²) in [6.45, 7) is 8.56. The fraction of sp³-hybridized carbons (Fsp3) is 0.500. The van der Waals surface area contributed by atoms with E-state index < -0.39 is 0 Å². The van der Waals surface area contributed by atoms with Crippen LogP contribution in [0.5, 0.6) is 0 Å². The molecule has 1 aromatic rings. The van der Waals surface area contributed by atoms with Gasteiger partial charge in [-0.05, 0) is 6.92 Å². The molecule has 1 fully saturated rings. The molecule has 1 heterocycles. The molecule has 0 bridgehead atoms. The lowest BCUT2D eigenvalue weighted by Gasteiger charge is -2.22. The topological polar surface area (TPSA) is 21.1 Å². The third kappa shape index (κ3) is 2.56. The molecule has 1 saturated heterocycles. The summed E-state index contributed by atoms with van der Waals surface area (Å²) in [6.07, 6.45) is 0. The van der Waals surface area contributed by atoms with Crippen LogP contribution < -0.4 is 10.2 Å². The van der Waals surface area contributed by atoms with Crippen molar-refractivity contribution in [1.29, 1.82) is 0 Å². The van der Waals surface area contributed by atoms with Crippen LogP contribution in [0.1, 0.15) is 11.1 Å². The van der Waals surface area contributed by atoms with Crippen LogP contribution in [-0.2, 0) is 6.54 Å². The number of aryl methyl sites for hydroxylation is 1. The lowest BCUT2D eigenvalue weighted by Crippen LogP contribution is -3.19. The van der Waals surface area contributed by atoms with Gasteiger partial charge in [-0.2, -0.15) is 0 Å². The minimum atomic E-state index is 1.20. The highest BCUT2D eigenvalue weighted by Crippen LogP contribution is 2.00. The molecular formula is C12H20N2+2. The molecule has 1 aromatic carbocycles.